The van der Waals surface area contributed by atoms with Crippen LogP contribution in [-0.2, 0) is 11.3 Å². The lowest BCUT2D eigenvalue weighted by atomic mass is 9.97. The number of hydrogen-bond donors (Lipinski definition) is 0. The Morgan fingerprint density at radius 2 is 1.89 bits per heavy atom. The Morgan fingerprint density at radius 1 is 1.18 bits per heavy atom. The second kappa shape index (κ2) is 8.37. The van der Waals surface area contributed by atoms with E-state index < -0.39 is 0 Å². The third-order valence-corrected chi connectivity index (χ3v) is 6.48. The summed E-state index contributed by atoms with van der Waals surface area (Å²) in [5.41, 5.74) is 2.08. The molecule has 1 saturated heterocycles. The van der Waals surface area contributed by atoms with E-state index in [1.165, 1.54) is 21.8 Å². The van der Waals surface area contributed by atoms with Crippen LogP contribution in [0, 0.1) is 5.82 Å². The minimum absolute atomic E-state index is 0.160. The van der Waals surface area contributed by atoms with Crippen LogP contribution in [0.4, 0.5) is 4.39 Å². The molecule has 0 spiro atoms. The number of nitrogens with zero attached hydrogens (tertiary/aromatic N) is 3. The van der Waals surface area contributed by atoms with Gasteiger partial charge >= 0.3 is 0 Å². The fourth-order valence-electron chi connectivity index (χ4n) is 3.73. The zero-order valence-corrected chi connectivity index (χ0v) is 16.8. The molecule has 0 radical (unpaired) electrons. The number of carbonyl (C=O) groups is 1. The normalized spacial score (nSPS) is 15.5. The molecule has 28 heavy (non-hydrogen) atoms. The maximum absolute atomic E-state index is 13.0. The Balaban J connectivity index is 1.29. The highest BCUT2D eigenvalue weighted by Crippen LogP contribution is 2.33. The van der Waals surface area contributed by atoms with Crippen LogP contribution in [0.5, 0.6) is 0 Å². The fourth-order valence-corrected chi connectivity index (χ4v) is 4.87. The highest BCUT2D eigenvalue weighted by atomic mass is 32.1. The van der Waals surface area contributed by atoms with Crippen LogP contribution < -0.4 is 0 Å². The summed E-state index contributed by atoms with van der Waals surface area (Å²) < 4.78 is 14.2. The number of fused-ring (bicyclic) bond motifs is 1. The van der Waals surface area contributed by atoms with Crippen LogP contribution >= 0.6 is 11.3 Å². The summed E-state index contributed by atoms with van der Waals surface area (Å²) in [5, 5.41) is 1.20. The van der Waals surface area contributed by atoms with E-state index in [4.69, 9.17) is 4.98 Å². The fraction of sp³-hybridized carbons (Fsp3) is 0.364. The molecule has 4 rings (SSSR count). The van der Waals surface area contributed by atoms with Crippen LogP contribution in [0.15, 0.2) is 48.5 Å². The molecule has 1 aliphatic heterocycles. The van der Waals surface area contributed by atoms with E-state index in [1.54, 1.807) is 23.5 Å². The standard InChI is InChI=1S/C22H24FN3OS/c1-25(14-16-6-8-18(23)9-7-16)15-21(27)26-12-10-17(11-13-26)22-24-19-4-2-3-5-20(19)28-22/h2-9,17H,10-15H2,1H3. The van der Waals surface area contributed by atoms with Crippen molar-refractivity contribution in [3.8, 4) is 0 Å². The predicted molar refractivity (Wildman–Crippen MR) is 111 cm³/mol. The molecule has 1 fully saturated rings. The molecular formula is C22H24FN3OS. The van der Waals surface area contributed by atoms with Gasteiger partial charge in [-0.15, -0.1) is 11.3 Å². The summed E-state index contributed by atoms with van der Waals surface area (Å²) in [4.78, 5) is 21.4. The first-order valence-electron chi connectivity index (χ1n) is 9.65. The summed E-state index contributed by atoms with van der Waals surface area (Å²) >= 11 is 1.78. The summed E-state index contributed by atoms with van der Waals surface area (Å²) in [7, 11) is 1.93. The number of amides is 1. The average molecular weight is 398 g/mol. The van der Waals surface area contributed by atoms with Gasteiger partial charge in [0.25, 0.3) is 0 Å². The Hall–Kier alpha value is -2.31. The Kier molecular flexibility index (Phi) is 5.69. The van der Waals surface area contributed by atoms with Gasteiger partial charge in [-0.2, -0.15) is 0 Å². The number of para-hydroxylation sites is 1. The number of benzene rings is 2. The van der Waals surface area contributed by atoms with Crippen molar-refractivity contribution in [1.29, 1.82) is 0 Å². The SMILES string of the molecule is CN(CC(=O)N1CCC(c2nc3ccccc3s2)CC1)Cc1ccc(F)cc1. The van der Waals surface area contributed by atoms with E-state index in [9.17, 15) is 9.18 Å². The molecule has 1 aromatic heterocycles. The number of aromatic nitrogens is 1. The van der Waals surface area contributed by atoms with Crippen molar-refractivity contribution in [3.05, 3.63) is 64.9 Å². The summed E-state index contributed by atoms with van der Waals surface area (Å²) in [5.74, 6) is 0.365. The molecule has 3 aromatic rings. The first-order valence-corrected chi connectivity index (χ1v) is 10.5. The van der Waals surface area contributed by atoms with Gasteiger partial charge in [-0.25, -0.2) is 9.37 Å². The summed E-state index contributed by atoms with van der Waals surface area (Å²) in [6, 6.07) is 14.7. The number of carbonyl (C=O) groups excluding carboxylic acids is 1. The van der Waals surface area contributed by atoms with E-state index in [-0.39, 0.29) is 11.7 Å². The van der Waals surface area contributed by atoms with Crippen molar-refractivity contribution < 1.29 is 9.18 Å². The van der Waals surface area contributed by atoms with Gasteiger partial charge in [0.15, 0.2) is 0 Å². The van der Waals surface area contributed by atoms with E-state index >= 15 is 0 Å². The van der Waals surface area contributed by atoms with Crippen molar-refractivity contribution >= 4 is 27.5 Å². The third-order valence-electron chi connectivity index (χ3n) is 5.28. The summed E-state index contributed by atoms with van der Waals surface area (Å²) in [6.45, 7) is 2.57. The van der Waals surface area contributed by atoms with Crippen LogP contribution in [0.25, 0.3) is 10.2 Å². The average Bonchev–Trinajstić information content (AvgIpc) is 3.14. The second-order valence-electron chi connectivity index (χ2n) is 7.47. The smallest absolute Gasteiger partial charge is 0.236 e. The molecule has 0 aliphatic carbocycles. The van der Waals surface area contributed by atoms with Crippen LogP contribution in [0.3, 0.4) is 0 Å². The Bertz CT molecular complexity index is 915. The number of likely N-dealkylation sites (tertiary alicyclic amines) is 1. The molecular weight excluding hydrogens is 373 g/mol. The Labute approximate surface area is 168 Å². The van der Waals surface area contributed by atoms with E-state index in [1.807, 2.05) is 29.0 Å². The van der Waals surface area contributed by atoms with Crippen molar-refractivity contribution in [1.82, 2.24) is 14.8 Å². The van der Waals surface area contributed by atoms with Crippen molar-refractivity contribution in [2.45, 2.75) is 25.3 Å². The minimum atomic E-state index is -0.238. The topological polar surface area (TPSA) is 36.4 Å². The Morgan fingerprint density at radius 3 is 2.61 bits per heavy atom. The molecule has 2 aromatic carbocycles. The lowest BCUT2D eigenvalue weighted by molar-refractivity contribution is -0.133. The summed E-state index contributed by atoms with van der Waals surface area (Å²) in [6.07, 6.45) is 1.93. The highest BCUT2D eigenvalue weighted by Gasteiger charge is 2.26. The first-order chi connectivity index (χ1) is 13.6. The van der Waals surface area contributed by atoms with Crippen molar-refractivity contribution in [3.63, 3.8) is 0 Å². The van der Waals surface area contributed by atoms with Crippen LogP contribution in [0.1, 0.15) is 29.3 Å². The molecule has 2 heterocycles. The predicted octanol–water partition coefficient (Wildman–Crippen LogP) is 4.27. The largest absolute Gasteiger partial charge is 0.342 e. The van der Waals surface area contributed by atoms with Gasteiger partial charge in [-0.3, -0.25) is 9.69 Å². The van der Waals surface area contributed by atoms with Crippen LogP contribution in [-0.4, -0.2) is 47.4 Å². The quantitative estimate of drug-likeness (QED) is 0.645. The molecule has 0 atom stereocenters. The number of thiazole rings is 1. The molecule has 0 bridgehead atoms. The van der Waals surface area contributed by atoms with Crippen LogP contribution in [0.2, 0.25) is 0 Å². The van der Waals surface area contributed by atoms with Gasteiger partial charge in [-0.05, 0) is 49.7 Å². The molecule has 146 valence electrons. The van der Waals surface area contributed by atoms with E-state index in [0.717, 1.165) is 37.0 Å². The number of halogens is 1. The number of likely N-dealkylation sites (N-methyl/N-ethyl adjacent to an activating group) is 1. The van der Waals surface area contributed by atoms with E-state index in [0.29, 0.717) is 19.0 Å². The second-order valence-corrected chi connectivity index (χ2v) is 8.54. The lowest BCUT2D eigenvalue weighted by Crippen LogP contribution is -2.42. The monoisotopic (exact) mass is 397 g/mol. The first kappa shape index (κ1) is 19.0. The van der Waals surface area contributed by atoms with Gasteiger partial charge in [0.05, 0.1) is 21.8 Å². The number of hydrogen-bond acceptors (Lipinski definition) is 4. The molecule has 1 aliphatic rings. The number of piperidine rings is 1. The molecule has 0 unspecified atom stereocenters. The van der Waals surface area contributed by atoms with E-state index in [2.05, 4.69) is 12.1 Å². The third kappa shape index (κ3) is 4.39. The zero-order valence-electron chi connectivity index (χ0n) is 16.0. The van der Waals surface area contributed by atoms with Crippen molar-refractivity contribution in [2.24, 2.45) is 0 Å². The van der Waals surface area contributed by atoms with Gasteiger partial charge in [-0.1, -0.05) is 24.3 Å². The maximum Gasteiger partial charge on any atom is 0.236 e. The van der Waals surface area contributed by atoms with Gasteiger partial charge in [0, 0.05) is 25.6 Å². The van der Waals surface area contributed by atoms with Gasteiger partial charge in [0.2, 0.25) is 5.91 Å². The van der Waals surface area contributed by atoms with Gasteiger partial charge < -0.3 is 4.90 Å². The number of rotatable bonds is 5. The molecule has 0 saturated carbocycles. The lowest BCUT2D eigenvalue weighted by Gasteiger charge is -2.32. The van der Waals surface area contributed by atoms with Crippen molar-refractivity contribution in [2.75, 3.05) is 26.7 Å². The molecule has 0 N–H and O–H groups in total. The highest BCUT2D eigenvalue weighted by molar-refractivity contribution is 7.18. The minimum Gasteiger partial charge on any atom is -0.342 e. The maximum atomic E-state index is 13.0. The molecule has 4 nitrogen and oxygen atoms in total. The molecule has 1 amide bonds. The molecule has 6 heteroatoms. The zero-order chi connectivity index (χ0) is 19.5. The van der Waals surface area contributed by atoms with Gasteiger partial charge in [0.1, 0.15) is 5.82 Å².